The third kappa shape index (κ3) is 22.9. The summed E-state index contributed by atoms with van der Waals surface area (Å²) in [6.45, 7) is 4.24. The number of carboxylic acids is 5. The zero-order valence-corrected chi connectivity index (χ0v) is 38.3. The van der Waals surface area contributed by atoms with Crippen molar-refractivity contribution >= 4 is 58.6 Å². The highest BCUT2D eigenvalue weighted by molar-refractivity contribution is 7.80. The van der Waals surface area contributed by atoms with E-state index < -0.39 is 68.6 Å². The van der Waals surface area contributed by atoms with Crippen LogP contribution in [0.2, 0.25) is 0 Å². The fourth-order valence-electron chi connectivity index (χ4n) is 7.14. The van der Waals surface area contributed by atoms with Gasteiger partial charge in [0.15, 0.2) is 16.6 Å². The van der Waals surface area contributed by atoms with E-state index >= 15 is 0 Å². The lowest BCUT2D eigenvalue weighted by Crippen LogP contribution is -2.51. The minimum Gasteiger partial charge on any atom is -0.488 e. The molecule has 0 spiro atoms. The van der Waals surface area contributed by atoms with E-state index in [-0.39, 0.29) is 31.2 Å². The van der Waals surface area contributed by atoms with Crippen molar-refractivity contribution in [1.82, 2.24) is 24.5 Å². The molecule has 0 aliphatic carbocycles. The summed E-state index contributed by atoms with van der Waals surface area (Å²) in [6, 6.07) is 11.5. The van der Waals surface area contributed by atoms with Crippen LogP contribution in [-0.2, 0) is 49.3 Å². The number of rotatable bonds is 20. The number of benzene rings is 2. The van der Waals surface area contributed by atoms with Crippen LogP contribution >= 0.6 is 12.2 Å². The van der Waals surface area contributed by atoms with E-state index in [9.17, 15) is 49.5 Å². The van der Waals surface area contributed by atoms with E-state index in [1.54, 1.807) is 36.4 Å². The standard InChI is InChI=1S/C43H63N7O16S/c51-38(52)26-48(7-8-49(27-39(53)54)28-40(55)56)25-35(50(29-41(57)58)30-42(59)60)23-32-1-3-33(4-2-32)44-43(67)45-34-5-6-36-37(24-34)66-18-13-47-11-16-63-20-19-61-14-9-46(12-17-65-36)10-15-62-21-22-64-31-47/h1-6,24,35H,7-23,25-31H2,(H,51,52)(H,53,54)(H,55,56)(H,57,58)(H,59,60)(H2,44,45,67). The number of ether oxygens (including phenoxy) is 6. The maximum absolute atomic E-state index is 11.9. The molecular formula is C43H63N7O16S. The molecule has 67 heavy (non-hydrogen) atoms. The highest BCUT2D eigenvalue weighted by atomic mass is 32.1. The van der Waals surface area contributed by atoms with Crippen LogP contribution < -0.4 is 20.1 Å². The molecule has 7 N–H and O–H groups in total. The second-order valence-electron chi connectivity index (χ2n) is 15.6. The van der Waals surface area contributed by atoms with Crippen LogP contribution in [0.15, 0.2) is 42.5 Å². The average molecular weight is 966 g/mol. The lowest BCUT2D eigenvalue weighted by molar-refractivity contribution is -0.144. The molecule has 1 fully saturated rings. The number of thiocarbonyl (C=S) groups is 1. The molecule has 0 radical (unpaired) electrons. The van der Waals surface area contributed by atoms with E-state index in [2.05, 4.69) is 20.4 Å². The van der Waals surface area contributed by atoms with Gasteiger partial charge in [-0.2, -0.15) is 0 Å². The van der Waals surface area contributed by atoms with Crippen molar-refractivity contribution in [2.45, 2.75) is 12.5 Å². The summed E-state index contributed by atoms with van der Waals surface area (Å²) in [4.78, 5) is 66.4. The number of nitrogens with one attached hydrogen (secondary N) is 2. The Kier molecular flexibility index (Phi) is 24.5. The first kappa shape index (κ1) is 54.3. The maximum atomic E-state index is 11.9. The fraction of sp³-hybridized carbons (Fsp3) is 0.581. The summed E-state index contributed by atoms with van der Waals surface area (Å²) >= 11 is 5.66. The minimum absolute atomic E-state index is 0.0875. The van der Waals surface area contributed by atoms with E-state index in [0.717, 1.165) is 4.90 Å². The van der Waals surface area contributed by atoms with Gasteiger partial charge in [-0.15, -0.1) is 0 Å². The summed E-state index contributed by atoms with van der Waals surface area (Å²) in [6.07, 6.45) is 0.0875. The first-order valence-electron chi connectivity index (χ1n) is 21.8. The van der Waals surface area contributed by atoms with Gasteiger partial charge in [-0.3, -0.25) is 48.5 Å². The Morgan fingerprint density at radius 1 is 0.552 bits per heavy atom. The molecule has 3 unspecified atom stereocenters. The number of hydrogen-bond donors (Lipinski definition) is 7. The molecule has 24 heteroatoms. The van der Waals surface area contributed by atoms with Crippen LogP contribution in [0.4, 0.5) is 11.4 Å². The van der Waals surface area contributed by atoms with Crippen molar-refractivity contribution in [1.29, 1.82) is 0 Å². The molecule has 2 aromatic carbocycles. The molecule has 4 rings (SSSR count). The van der Waals surface area contributed by atoms with Crippen LogP contribution in [0.3, 0.4) is 0 Å². The molecule has 3 atom stereocenters. The molecule has 2 aromatic rings. The van der Waals surface area contributed by atoms with Gasteiger partial charge in [0.05, 0.1) is 85.7 Å². The Labute approximate surface area is 394 Å². The Morgan fingerprint density at radius 2 is 1.01 bits per heavy atom. The van der Waals surface area contributed by atoms with Crippen LogP contribution in [0.5, 0.6) is 11.5 Å². The van der Waals surface area contributed by atoms with Crippen molar-refractivity contribution < 1.29 is 77.9 Å². The van der Waals surface area contributed by atoms with Gasteiger partial charge in [-0.25, -0.2) is 0 Å². The molecule has 0 amide bonds. The van der Waals surface area contributed by atoms with Crippen molar-refractivity contribution in [3.05, 3.63) is 48.0 Å². The number of aliphatic carboxylic acids is 5. The molecule has 2 bridgehead atoms. The second kappa shape index (κ2) is 30.2. The van der Waals surface area contributed by atoms with Crippen molar-refractivity contribution in [3.8, 4) is 11.5 Å². The highest BCUT2D eigenvalue weighted by Gasteiger charge is 2.27. The quantitative estimate of drug-likeness (QED) is 0.0687. The zero-order valence-electron chi connectivity index (χ0n) is 37.5. The van der Waals surface area contributed by atoms with Crippen LogP contribution in [0, 0.1) is 0 Å². The van der Waals surface area contributed by atoms with Crippen molar-refractivity contribution in [3.63, 3.8) is 0 Å². The van der Waals surface area contributed by atoms with Gasteiger partial charge in [0.25, 0.3) is 0 Å². The largest absolute Gasteiger partial charge is 0.488 e. The Morgan fingerprint density at radius 3 is 1.60 bits per heavy atom. The monoisotopic (exact) mass is 965 g/mol. The Hall–Kier alpha value is -5.28. The highest BCUT2D eigenvalue weighted by Crippen LogP contribution is 2.31. The first-order valence-corrected chi connectivity index (χ1v) is 22.2. The number of fused-ring (bicyclic) bond motifs is 9. The van der Waals surface area contributed by atoms with Crippen LogP contribution in [-0.4, -0.2) is 242 Å². The van der Waals surface area contributed by atoms with E-state index in [1.165, 1.54) is 9.80 Å². The normalized spacial score (nSPS) is 18.5. The fourth-order valence-corrected chi connectivity index (χ4v) is 7.38. The van der Waals surface area contributed by atoms with Crippen molar-refractivity contribution in [2.75, 3.05) is 162 Å². The zero-order chi connectivity index (χ0) is 48.4. The smallest absolute Gasteiger partial charge is 0.317 e. The lowest BCUT2D eigenvalue weighted by Gasteiger charge is -2.34. The SMILES string of the molecule is O=C(O)CN(CCN(CC(=O)O)CC(Cc1ccc(NC(=S)Nc2ccc3c(c2)OCCN2CCOCCOCCN(CCOCCOC2)CCO3)cc1)N(CC(=O)O)CC(=O)O)CC(=O)O. The number of hydrogen-bond acceptors (Lipinski definition) is 17. The molecule has 2 heterocycles. The summed E-state index contributed by atoms with van der Waals surface area (Å²) in [5, 5.41) is 54.1. The minimum atomic E-state index is -1.30. The molecule has 1 saturated heterocycles. The van der Waals surface area contributed by atoms with E-state index in [1.807, 2.05) is 6.07 Å². The molecule has 23 nitrogen and oxygen atoms in total. The third-order valence-corrected chi connectivity index (χ3v) is 10.6. The van der Waals surface area contributed by atoms with Crippen LogP contribution in [0.1, 0.15) is 5.56 Å². The third-order valence-electron chi connectivity index (χ3n) is 10.4. The predicted octanol–water partition coefficient (Wildman–Crippen LogP) is 0.148. The second-order valence-corrected chi connectivity index (χ2v) is 16.1. The van der Waals surface area contributed by atoms with Gasteiger partial charge in [0.2, 0.25) is 0 Å². The van der Waals surface area contributed by atoms with Gasteiger partial charge in [-0.05, 0) is 48.5 Å². The number of carbonyl (C=O) groups is 5. The van der Waals surface area contributed by atoms with E-state index in [4.69, 9.17) is 40.6 Å². The van der Waals surface area contributed by atoms with Gasteiger partial charge >= 0.3 is 29.8 Å². The molecular weight excluding hydrogens is 903 g/mol. The molecule has 372 valence electrons. The lowest BCUT2D eigenvalue weighted by atomic mass is 10.0. The van der Waals surface area contributed by atoms with Gasteiger partial charge in [0, 0.05) is 75.8 Å². The number of nitrogens with zero attached hydrogens (tertiary/aromatic N) is 5. The molecule has 2 aliphatic heterocycles. The molecule has 0 saturated carbocycles. The van der Waals surface area contributed by atoms with Crippen LogP contribution in [0.25, 0.3) is 0 Å². The van der Waals surface area contributed by atoms with Gasteiger partial charge in [-0.1, -0.05) is 12.1 Å². The first-order chi connectivity index (χ1) is 32.2. The average Bonchev–Trinajstić information content (AvgIpc) is 3.25. The summed E-state index contributed by atoms with van der Waals surface area (Å²) < 4.78 is 35.9. The Bertz CT molecular complexity index is 1850. The summed E-state index contributed by atoms with van der Waals surface area (Å²) in [5.74, 6) is -5.36. The Balaban J connectivity index is 1.47. The van der Waals surface area contributed by atoms with Crippen molar-refractivity contribution in [2.24, 2.45) is 0 Å². The molecule has 2 aliphatic rings. The molecule has 0 aromatic heterocycles. The van der Waals surface area contributed by atoms with Gasteiger partial charge < -0.3 is 64.6 Å². The van der Waals surface area contributed by atoms with E-state index in [0.29, 0.717) is 127 Å². The summed E-state index contributed by atoms with van der Waals surface area (Å²) in [5.41, 5.74) is 1.86. The number of carboxylic acid groups (broad SMARTS) is 5. The number of anilines is 2. The topological polar surface area (TPSA) is 282 Å². The predicted molar refractivity (Wildman–Crippen MR) is 245 cm³/mol. The summed E-state index contributed by atoms with van der Waals surface area (Å²) in [7, 11) is 0. The maximum Gasteiger partial charge on any atom is 0.317 e. The van der Waals surface area contributed by atoms with Gasteiger partial charge in [0.1, 0.15) is 13.2 Å².